The SMILES string of the molecule is CC1(C(C)(C)C(F)F)CO1. The molecule has 0 N–H and O–H groups in total. The Bertz CT molecular complexity index is 139. The van der Waals surface area contributed by atoms with Crippen molar-refractivity contribution in [1.29, 1.82) is 0 Å². The quantitative estimate of drug-likeness (QED) is 0.549. The maximum atomic E-state index is 12.3. The van der Waals surface area contributed by atoms with E-state index in [2.05, 4.69) is 0 Å². The third kappa shape index (κ3) is 0.926. The molecule has 0 spiro atoms. The lowest BCUT2D eigenvalue weighted by molar-refractivity contribution is -0.0300. The molecule has 1 aliphatic heterocycles. The molecule has 1 saturated heterocycles. The summed E-state index contributed by atoms with van der Waals surface area (Å²) in [6.45, 7) is 5.25. The number of rotatable bonds is 2. The molecule has 1 aliphatic rings. The van der Waals surface area contributed by atoms with Crippen LogP contribution < -0.4 is 0 Å². The van der Waals surface area contributed by atoms with Crippen molar-refractivity contribution in [3.05, 3.63) is 0 Å². The zero-order chi connectivity index (χ0) is 7.99. The van der Waals surface area contributed by atoms with Gasteiger partial charge < -0.3 is 4.74 Å². The molecule has 0 aliphatic carbocycles. The molecule has 1 nitrogen and oxygen atoms in total. The van der Waals surface area contributed by atoms with Crippen LogP contribution in [-0.2, 0) is 4.74 Å². The molecular weight excluding hydrogens is 138 g/mol. The van der Waals surface area contributed by atoms with Crippen LogP contribution in [0.25, 0.3) is 0 Å². The Kier molecular flexibility index (Phi) is 1.51. The van der Waals surface area contributed by atoms with E-state index in [1.165, 1.54) is 13.8 Å². The van der Waals surface area contributed by atoms with Crippen LogP contribution >= 0.6 is 0 Å². The van der Waals surface area contributed by atoms with Gasteiger partial charge >= 0.3 is 0 Å². The number of halogens is 2. The zero-order valence-electron chi connectivity index (χ0n) is 6.45. The highest BCUT2D eigenvalue weighted by atomic mass is 19.3. The van der Waals surface area contributed by atoms with Gasteiger partial charge in [-0.05, 0) is 6.92 Å². The third-order valence-corrected chi connectivity index (χ3v) is 2.49. The van der Waals surface area contributed by atoms with Gasteiger partial charge in [0.15, 0.2) is 0 Å². The van der Waals surface area contributed by atoms with Crippen molar-refractivity contribution in [1.82, 2.24) is 0 Å². The summed E-state index contributed by atoms with van der Waals surface area (Å²) in [6.07, 6.45) is -2.31. The summed E-state index contributed by atoms with van der Waals surface area (Å²) in [6, 6.07) is 0. The average molecular weight is 150 g/mol. The molecule has 0 bridgehead atoms. The van der Waals surface area contributed by atoms with Crippen molar-refractivity contribution in [2.75, 3.05) is 6.61 Å². The monoisotopic (exact) mass is 150 g/mol. The first-order valence-electron chi connectivity index (χ1n) is 3.32. The number of alkyl halides is 2. The van der Waals surface area contributed by atoms with E-state index in [1.807, 2.05) is 0 Å². The smallest absolute Gasteiger partial charge is 0.246 e. The van der Waals surface area contributed by atoms with Gasteiger partial charge in [0.1, 0.15) is 0 Å². The Morgan fingerprint density at radius 1 is 1.50 bits per heavy atom. The van der Waals surface area contributed by atoms with Crippen molar-refractivity contribution < 1.29 is 13.5 Å². The van der Waals surface area contributed by atoms with Crippen LogP contribution in [0.15, 0.2) is 0 Å². The Labute approximate surface area is 59.4 Å². The maximum absolute atomic E-state index is 12.3. The van der Waals surface area contributed by atoms with Crippen molar-refractivity contribution in [2.45, 2.75) is 32.8 Å². The molecule has 0 aromatic rings. The molecule has 0 radical (unpaired) electrons. The zero-order valence-corrected chi connectivity index (χ0v) is 6.45. The van der Waals surface area contributed by atoms with Gasteiger partial charge in [-0.3, -0.25) is 0 Å². The number of epoxide rings is 1. The lowest BCUT2D eigenvalue weighted by Gasteiger charge is -2.27. The number of ether oxygens (including phenoxy) is 1. The van der Waals surface area contributed by atoms with Gasteiger partial charge in [-0.25, -0.2) is 8.78 Å². The summed E-state index contributed by atoms with van der Waals surface area (Å²) in [5, 5.41) is 0. The minimum atomic E-state index is -2.31. The van der Waals surface area contributed by atoms with Crippen molar-refractivity contribution in [3.8, 4) is 0 Å². The first-order chi connectivity index (χ1) is 4.40. The van der Waals surface area contributed by atoms with E-state index in [-0.39, 0.29) is 0 Å². The lowest BCUT2D eigenvalue weighted by Crippen LogP contribution is -2.36. The molecule has 0 aromatic carbocycles. The minimum absolute atomic E-state index is 0.463. The molecule has 1 atom stereocenters. The van der Waals surface area contributed by atoms with Crippen LogP contribution in [0.3, 0.4) is 0 Å². The molecule has 1 unspecified atom stereocenters. The molecule has 0 saturated carbocycles. The third-order valence-electron chi connectivity index (χ3n) is 2.49. The molecule has 60 valence electrons. The number of hydrogen-bond donors (Lipinski definition) is 0. The van der Waals surface area contributed by atoms with E-state index < -0.39 is 17.4 Å². The van der Waals surface area contributed by atoms with Crippen LogP contribution in [0.4, 0.5) is 8.78 Å². The molecule has 1 heterocycles. The van der Waals surface area contributed by atoms with Gasteiger partial charge in [0, 0.05) is 0 Å². The van der Waals surface area contributed by atoms with Crippen LogP contribution in [0.1, 0.15) is 20.8 Å². The summed E-state index contributed by atoms with van der Waals surface area (Å²) in [5.74, 6) is 0. The van der Waals surface area contributed by atoms with E-state index in [0.717, 1.165) is 0 Å². The highest BCUT2D eigenvalue weighted by molar-refractivity contribution is 5.01. The molecule has 10 heavy (non-hydrogen) atoms. The second kappa shape index (κ2) is 1.91. The summed E-state index contributed by atoms with van der Waals surface area (Å²) in [4.78, 5) is 0. The summed E-state index contributed by atoms with van der Waals surface area (Å²) < 4.78 is 29.5. The Morgan fingerprint density at radius 3 is 2.00 bits per heavy atom. The second-order valence-electron chi connectivity index (χ2n) is 3.54. The van der Waals surface area contributed by atoms with Gasteiger partial charge in [0.05, 0.1) is 17.6 Å². The predicted octanol–water partition coefficient (Wildman–Crippen LogP) is 2.07. The fraction of sp³-hybridized carbons (Fsp3) is 1.00. The Balaban J connectivity index is 2.67. The molecule has 3 heteroatoms. The highest BCUT2D eigenvalue weighted by Gasteiger charge is 2.57. The molecular formula is C7H12F2O. The van der Waals surface area contributed by atoms with Crippen LogP contribution in [0.5, 0.6) is 0 Å². The maximum Gasteiger partial charge on any atom is 0.246 e. The van der Waals surface area contributed by atoms with Crippen molar-refractivity contribution >= 4 is 0 Å². The van der Waals surface area contributed by atoms with Gasteiger partial charge in [-0.1, -0.05) is 13.8 Å². The fourth-order valence-corrected chi connectivity index (χ4v) is 0.711. The fourth-order valence-electron chi connectivity index (χ4n) is 0.711. The summed E-state index contributed by atoms with van der Waals surface area (Å²) >= 11 is 0. The largest absolute Gasteiger partial charge is 0.369 e. The van der Waals surface area contributed by atoms with E-state index in [1.54, 1.807) is 6.92 Å². The molecule has 0 amide bonds. The second-order valence-corrected chi connectivity index (χ2v) is 3.54. The van der Waals surface area contributed by atoms with Crippen molar-refractivity contribution in [3.63, 3.8) is 0 Å². The van der Waals surface area contributed by atoms with E-state index >= 15 is 0 Å². The minimum Gasteiger partial charge on any atom is -0.369 e. The van der Waals surface area contributed by atoms with Gasteiger partial charge in [-0.15, -0.1) is 0 Å². The Morgan fingerprint density at radius 2 is 1.90 bits per heavy atom. The summed E-state index contributed by atoms with van der Waals surface area (Å²) in [7, 11) is 0. The first-order valence-corrected chi connectivity index (χ1v) is 3.32. The van der Waals surface area contributed by atoms with Gasteiger partial charge in [0.25, 0.3) is 0 Å². The van der Waals surface area contributed by atoms with E-state index in [4.69, 9.17) is 4.74 Å². The van der Waals surface area contributed by atoms with Crippen LogP contribution in [0.2, 0.25) is 0 Å². The normalized spacial score (nSPS) is 33.0. The number of hydrogen-bond acceptors (Lipinski definition) is 1. The topological polar surface area (TPSA) is 12.5 Å². The van der Waals surface area contributed by atoms with Gasteiger partial charge in [0.2, 0.25) is 6.43 Å². The molecule has 1 fully saturated rings. The first kappa shape index (κ1) is 7.92. The van der Waals surface area contributed by atoms with E-state index in [0.29, 0.717) is 6.61 Å². The highest BCUT2D eigenvalue weighted by Crippen LogP contribution is 2.47. The van der Waals surface area contributed by atoms with Crippen LogP contribution in [0, 0.1) is 5.41 Å². The molecule has 1 rings (SSSR count). The average Bonchev–Trinajstić information content (AvgIpc) is 2.48. The summed E-state index contributed by atoms with van der Waals surface area (Å²) in [5.41, 5.74) is -1.59. The van der Waals surface area contributed by atoms with E-state index in [9.17, 15) is 8.78 Å². The predicted molar refractivity (Wildman–Crippen MR) is 34.1 cm³/mol. The van der Waals surface area contributed by atoms with Crippen molar-refractivity contribution in [2.24, 2.45) is 5.41 Å². The Hall–Kier alpha value is -0.180. The lowest BCUT2D eigenvalue weighted by atomic mass is 9.80. The molecule has 0 aromatic heterocycles. The van der Waals surface area contributed by atoms with Crippen LogP contribution in [-0.4, -0.2) is 18.6 Å². The van der Waals surface area contributed by atoms with Gasteiger partial charge in [-0.2, -0.15) is 0 Å². The standard InChI is InChI=1S/C7H12F2O/c1-6(2,5(8)9)7(3)4-10-7/h5H,4H2,1-3H3.